The van der Waals surface area contributed by atoms with Crippen LogP contribution in [-0.2, 0) is 9.53 Å². The number of hydrogen-bond donors (Lipinski definition) is 3. The van der Waals surface area contributed by atoms with E-state index in [9.17, 15) is 14.7 Å². The van der Waals surface area contributed by atoms with Crippen LogP contribution in [0.15, 0.2) is 24.5 Å². The Bertz CT molecular complexity index is 831. The lowest BCUT2D eigenvalue weighted by atomic mass is 10.0. The van der Waals surface area contributed by atoms with Gasteiger partial charge < -0.3 is 20.3 Å². The summed E-state index contributed by atoms with van der Waals surface area (Å²) in [5, 5.41) is 21.1. The summed E-state index contributed by atoms with van der Waals surface area (Å²) < 4.78 is 5.49. The summed E-state index contributed by atoms with van der Waals surface area (Å²) in [6.45, 7) is -0.0191. The van der Waals surface area contributed by atoms with E-state index in [1.807, 2.05) is 6.08 Å². The number of amides is 1. The normalized spacial score (nSPS) is 13.5. The number of carboxylic acid groups (broad SMARTS) is 1. The van der Waals surface area contributed by atoms with Crippen LogP contribution in [0.5, 0.6) is 5.75 Å². The van der Waals surface area contributed by atoms with Crippen LogP contribution >= 0.6 is 0 Å². The quantitative estimate of drug-likeness (QED) is 0.766. The number of fused-ring (bicyclic) bond motifs is 1. The molecule has 0 fully saturated rings. The summed E-state index contributed by atoms with van der Waals surface area (Å²) in [4.78, 5) is 31.1. The number of phenolic OH excluding ortho intramolecular Hbond substituents is 1. The van der Waals surface area contributed by atoms with E-state index in [1.54, 1.807) is 0 Å². The number of aromatic hydroxyl groups is 1. The van der Waals surface area contributed by atoms with E-state index in [0.29, 0.717) is 23.4 Å². The third kappa shape index (κ3) is 2.78. The lowest BCUT2D eigenvalue weighted by Gasteiger charge is -2.12. The van der Waals surface area contributed by atoms with Gasteiger partial charge >= 0.3 is 5.97 Å². The number of rotatable bonds is 4. The first-order valence-electron chi connectivity index (χ1n) is 6.88. The zero-order chi connectivity index (χ0) is 16.4. The van der Waals surface area contributed by atoms with E-state index < -0.39 is 18.4 Å². The highest BCUT2D eigenvalue weighted by Crippen LogP contribution is 2.33. The van der Waals surface area contributed by atoms with E-state index in [0.717, 1.165) is 6.42 Å². The van der Waals surface area contributed by atoms with Crippen molar-refractivity contribution in [3.8, 4) is 5.75 Å². The second-order valence-corrected chi connectivity index (χ2v) is 4.85. The molecule has 1 amide bonds. The van der Waals surface area contributed by atoms with Gasteiger partial charge in [-0.25, -0.2) is 0 Å². The Morgan fingerprint density at radius 2 is 2.00 bits per heavy atom. The Morgan fingerprint density at radius 1 is 1.26 bits per heavy atom. The maximum absolute atomic E-state index is 12.2. The van der Waals surface area contributed by atoms with E-state index in [-0.39, 0.29) is 16.8 Å². The van der Waals surface area contributed by atoms with Crippen molar-refractivity contribution in [2.24, 2.45) is 0 Å². The number of hydrogen-bond acceptors (Lipinski definition) is 6. The maximum atomic E-state index is 12.2. The number of aromatic nitrogens is 2. The number of benzene rings is 1. The topological polar surface area (TPSA) is 122 Å². The molecule has 0 bridgehead atoms. The van der Waals surface area contributed by atoms with Gasteiger partial charge in [-0.3, -0.25) is 19.6 Å². The lowest BCUT2D eigenvalue weighted by Crippen LogP contribution is -2.29. The summed E-state index contributed by atoms with van der Waals surface area (Å²) in [7, 11) is 0. The number of carbonyl (C=O) groups excluding carboxylic acids is 1. The molecule has 118 valence electrons. The Hall–Kier alpha value is -3.16. The highest BCUT2D eigenvalue weighted by molar-refractivity contribution is 6.09. The highest BCUT2D eigenvalue weighted by Gasteiger charge is 2.23. The number of phenols is 1. The fourth-order valence-electron chi connectivity index (χ4n) is 2.38. The number of nitrogens with zero attached hydrogens (tertiary/aromatic N) is 2. The molecule has 3 rings (SSSR count). The molecule has 2 heterocycles. The van der Waals surface area contributed by atoms with Crippen molar-refractivity contribution in [1.82, 2.24) is 15.3 Å². The van der Waals surface area contributed by atoms with Crippen molar-refractivity contribution in [3.05, 3.63) is 35.7 Å². The summed E-state index contributed by atoms with van der Waals surface area (Å²) >= 11 is 0. The van der Waals surface area contributed by atoms with Crippen molar-refractivity contribution in [3.63, 3.8) is 0 Å². The Balaban J connectivity index is 2.13. The van der Waals surface area contributed by atoms with Gasteiger partial charge in [0.2, 0.25) is 0 Å². The number of nitrogens with one attached hydrogen (secondary N) is 1. The SMILES string of the molecule is O=C(O)CNC(=O)c1c(O)cc(C2=CCCO2)c2nccnc12. The molecule has 8 heteroatoms. The molecule has 0 unspecified atom stereocenters. The third-order valence-electron chi connectivity index (χ3n) is 3.33. The van der Waals surface area contributed by atoms with E-state index in [4.69, 9.17) is 9.84 Å². The van der Waals surface area contributed by atoms with E-state index in [2.05, 4.69) is 15.3 Å². The molecule has 1 aromatic carbocycles. The molecule has 3 N–H and O–H groups in total. The number of ether oxygens (including phenoxy) is 1. The average Bonchev–Trinajstić information content (AvgIpc) is 3.06. The molecule has 2 aromatic rings. The van der Waals surface area contributed by atoms with Crippen LogP contribution in [0.4, 0.5) is 0 Å². The minimum absolute atomic E-state index is 0.114. The molecule has 1 aromatic heterocycles. The molecule has 1 aliphatic heterocycles. The minimum Gasteiger partial charge on any atom is -0.507 e. The predicted octanol–water partition coefficient (Wildman–Crippen LogP) is 0.911. The fraction of sp³-hybridized carbons (Fsp3) is 0.200. The first kappa shape index (κ1) is 14.8. The zero-order valence-corrected chi connectivity index (χ0v) is 11.9. The van der Waals surface area contributed by atoms with Crippen molar-refractivity contribution in [1.29, 1.82) is 0 Å². The van der Waals surface area contributed by atoms with Gasteiger partial charge in [-0.2, -0.15) is 0 Å². The molecule has 23 heavy (non-hydrogen) atoms. The molecule has 0 aliphatic carbocycles. The summed E-state index contributed by atoms with van der Waals surface area (Å²) in [5.41, 5.74) is 1.01. The van der Waals surface area contributed by atoms with Crippen LogP contribution in [0, 0.1) is 0 Å². The first-order chi connectivity index (χ1) is 11.1. The van der Waals surface area contributed by atoms with Gasteiger partial charge in [0.1, 0.15) is 34.7 Å². The summed E-state index contributed by atoms with van der Waals surface area (Å²) in [5.74, 6) is -1.66. The molecule has 8 nitrogen and oxygen atoms in total. The predicted molar refractivity (Wildman–Crippen MR) is 79.7 cm³/mol. The summed E-state index contributed by atoms with van der Waals surface area (Å²) in [6.07, 6.45) is 5.48. The van der Waals surface area contributed by atoms with Gasteiger partial charge in [0.25, 0.3) is 5.91 Å². The van der Waals surface area contributed by atoms with Crippen LogP contribution < -0.4 is 5.32 Å². The van der Waals surface area contributed by atoms with Crippen molar-refractivity contribution in [2.45, 2.75) is 6.42 Å². The van der Waals surface area contributed by atoms with E-state index in [1.165, 1.54) is 18.5 Å². The van der Waals surface area contributed by atoms with Gasteiger partial charge in [0, 0.05) is 24.4 Å². The van der Waals surface area contributed by atoms with Crippen LogP contribution in [-0.4, -0.2) is 45.2 Å². The van der Waals surface area contributed by atoms with Gasteiger partial charge in [0.15, 0.2) is 0 Å². The second kappa shape index (κ2) is 5.91. The largest absolute Gasteiger partial charge is 0.507 e. The highest BCUT2D eigenvalue weighted by atomic mass is 16.5. The molecule has 0 saturated carbocycles. The third-order valence-corrected chi connectivity index (χ3v) is 3.33. The van der Waals surface area contributed by atoms with Crippen molar-refractivity contribution in [2.75, 3.05) is 13.2 Å². The number of carboxylic acids is 1. The maximum Gasteiger partial charge on any atom is 0.322 e. The molecule has 1 aliphatic rings. The Kier molecular flexibility index (Phi) is 3.80. The first-order valence-corrected chi connectivity index (χ1v) is 6.88. The molecule has 0 spiro atoms. The average molecular weight is 315 g/mol. The van der Waals surface area contributed by atoms with Gasteiger partial charge in [0.05, 0.1) is 6.61 Å². The van der Waals surface area contributed by atoms with Crippen molar-refractivity contribution >= 4 is 28.7 Å². The van der Waals surface area contributed by atoms with Gasteiger partial charge in [-0.15, -0.1) is 0 Å². The summed E-state index contributed by atoms with van der Waals surface area (Å²) in [6, 6.07) is 1.38. The molecular formula is C15H13N3O5. The second-order valence-electron chi connectivity index (χ2n) is 4.85. The van der Waals surface area contributed by atoms with E-state index >= 15 is 0 Å². The van der Waals surface area contributed by atoms with Crippen molar-refractivity contribution < 1.29 is 24.5 Å². The smallest absolute Gasteiger partial charge is 0.322 e. The van der Waals surface area contributed by atoms with Crippen LogP contribution in [0.2, 0.25) is 0 Å². The Morgan fingerprint density at radius 3 is 2.65 bits per heavy atom. The van der Waals surface area contributed by atoms with Crippen LogP contribution in [0.25, 0.3) is 16.8 Å². The molecule has 0 saturated heterocycles. The zero-order valence-electron chi connectivity index (χ0n) is 11.9. The molecule has 0 atom stereocenters. The number of aliphatic carboxylic acids is 1. The van der Waals surface area contributed by atoms with Gasteiger partial charge in [-0.05, 0) is 12.1 Å². The van der Waals surface area contributed by atoms with Crippen LogP contribution in [0.3, 0.4) is 0 Å². The fourth-order valence-corrected chi connectivity index (χ4v) is 2.38. The standard InChI is InChI=1S/C15H13N3O5/c19-9-6-8(10-2-1-5-23-10)13-14(17-4-3-16-13)12(9)15(22)18-7-11(20)21/h2-4,6,19H,1,5,7H2,(H,18,22)(H,20,21). The molecule has 0 radical (unpaired) electrons. The molecular weight excluding hydrogens is 302 g/mol. The lowest BCUT2D eigenvalue weighted by molar-refractivity contribution is -0.135. The Labute approximate surface area is 130 Å². The van der Waals surface area contributed by atoms with Crippen LogP contribution in [0.1, 0.15) is 22.3 Å². The number of carbonyl (C=O) groups is 2. The van der Waals surface area contributed by atoms with Gasteiger partial charge in [-0.1, -0.05) is 0 Å². The monoisotopic (exact) mass is 315 g/mol. The minimum atomic E-state index is -1.19.